The Kier molecular flexibility index (Phi) is 2.79. The van der Waals surface area contributed by atoms with Crippen LogP contribution in [0.3, 0.4) is 0 Å². The fourth-order valence-corrected chi connectivity index (χ4v) is 3.06. The highest BCUT2D eigenvalue weighted by atomic mass is 79.9. The molecule has 1 aliphatic rings. The normalized spacial score (nSPS) is 13.6. The molecule has 17 heavy (non-hydrogen) atoms. The van der Waals surface area contributed by atoms with E-state index in [0.29, 0.717) is 5.92 Å². The first kappa shape index (κ1) is 11.4. The molecule has 0 aliphatic heterocycles. The van der Waals surface area contributed by atoms with Crippen molar-refractivity contribution in [3.05, 3.63) is 44.6 Å². The highest BCUT2D eigenvalue weighted by Gasteiger charge is 2.30. The van der Waals surface area contributed by atoms with Gasteiger partial charge in [0.2, 0.25) is 0 Å². The van der Waals surface area contributed by atoms with Crippen molar-refractivity contribution < 1.29 is 0 Å². The average molecular weight is 354 g/mol. The van der Waals surface area contributed by atoms with E-state index in [1.54, 1.807) is 0 Å². The molecule has 0 unspecified atom stereocenters. The summed E-state index contributed by atoms with van der Waals surface area (Å²) in [5.41, 5.74) is 4.61. The first-order valence-corrected chi connectivity index (χ1v) is 7.12. The summed E-state index contributed by atoms with van der Waals surface area (Å²) in [7, 11) is 0. The highest BCUT2D eigenvalue weighted by molar-refractivity contribution is 9.10. The monoisotopic (exact) mass is 352 g/mol. The van der Waals surface area contributed by atoms with Crippen molar-refractivity contribution in [2.45, 2.75) is 19.3 Å². The van der Waals surface area contributed by atoms with E-state index in [4.69, 9.17) is 0 Å². The van der Waals surface area contributed by atoms with E-state index in [1.807, 2.05) is 12.1 Å². The molecule has 0 saturated carbocycles. The standard InChI is InChI=1S/C13H10Br2N2/c1-2-7-8-3-5-10(14)16-12(8)13-9(7)4-6-11(15)17-13/h3-7H,2H2,1H3. The van der Waals surface area contributed by atoms with Crippen LogP contribution in [0, 0.1) is 0 Å². The maximum atomic E-state index is 4.57. The van der Waals surface area contributed by atoms with Crippen molar-refractivity contribution in [3.63, 3.8) is 0 Å². The summed E-state index contributed by atoms with van der Waals surface area (Å²) in [6.07, 6.45) is 1.08. The number of nitrogens with zero attached hydrogens (tertiary/aromatic N) is 2. The van der Waals surface area contributed by atoms with Crippen molar-refractivity contribution in [1.29, 1.82) is 0 Å². The second kappa shape index (κ2) is 4.18. The number of fused-ring (bicyclic) bond motifs is 3. The smallest absolute Gasteiger partial charge is 0.106 e. The van der Waals surface area contributed by atoms with Crippen LogP contribution in [0.2, 0.25) is 0 Å². The zero-order valence-electron chi connectivity index (χ0n) is 9.24. The molecule has 2 nitrogen and oxygen atoms in total. The molecule has 3 rings (SSSR count). The summed E-state index contributed by atoms with van der Waals surface area (Å²) in [6, 6.07) is 8.30. The summed E-state index contributed by atoms with van der Waals surface area (Å²) in [6.45, 7) is 2.20. The Morgan fingerprint density at radius 2 is 1.41 bits per heavy atom. The molecule has 0 amide bonds. The summed E-state index contributed by atoms with van der Waals surface area (Å²) < 4.78 is 1.72. The van der Waals surface area contributed by atoms with Gasteiger partial charge >= 0.3 is 0 Å². The molecule has 0 aromatic carbocycles. The van der Waals surface area contributed by atoms with Gasteiger partial charge in [-0.3, -0.25) is 0 Å². The van der Waals surface area contributed by atoms with Gasteiger partial charge in [-0.1, -0.05) is 19.1 Å². The van der Waals surface area contributed by atoms with E-state index < -0.39 is 0 Å². The van der Waals surface area contributed by atoms with Gasteiger partial charge in [-0.2, -0.15) is 0 Å². The van der Waals surface area contributed by atoms with Crippen LogP contribution in [-0.2, 0) is 0 Å². The minimum Gasteiger partial charge on any atom is -0.239 e. The van der Waals surface area contributed by atoms with Gasteiger partial charge in [0.25, 0.3) is 0 Å². The molecule has 2 aromatic rings. The topological polar surface area (TPSA) is 25.8 Å². The van der Waals surface area contributed by atoms with Crippen molar-refractivity contribution in [3.8, 4) is 11.4 Å². The van der Waals surface area contributed by atoms with Gasteiger partial charge in [-0.25, -0.2) is 9.97 Å². The first-order chi connectivity index (χ1) is 8.20. The fraction of sp³-hybridized carbons (Fsp3) is 0.231. The molecular formula is C13H10Br2N2. The number of aromatic nitrogens is 2. The largest absolute Gasteiger partial charge is 0.239 e. The maximum absolute atomic E-state index is 4.57. The number of hydrogen-bond acceptors (Lipinski definition) is 2. The Morgan fingerprint density at radius 1 is 0.941 bits per heavy atom. The third-order valence-electron chi connectivity index (χ3n) is 3.17. The van der Waals surface area contributed by atoms with E-state index in [-0.39, 0.29) is 0 Å². The zero-order chi connectivity index (χ0) is 12.0. The predicted octanol–water partition coefficient (Wildman–Crippen LogP) is 4.52. The summed E-state index contributed by atoms with van der Waals surface area (Å²) >= 11 is 6.85. The minimum absolute atomic E-state index is 0.432. The fourth-order valence-electron chi connectivity index (χ4n) is 2.44. The molecule has 2 aromatic heterocycles. The van der Waals surface area contributed by atoms with Crippen molar-refractivity contribution in [1.82, 2.24) is 9.97 Å². The molecule has 0 saturated heterocycles. The molecule has 0 spiro atoms. The van der Waals surface area contributed by atoms with Crippen LogP contribution < -0.4 is 0 Å². The Bertz CT molecular complexity index is 544. The molecule has 0 atom stereocenters. The molecule has 2 heterocycles. The second-order valence-electron chi connectivity index (χ2n) is 4.10. The van der Waals surface area contributed by atoms with Crippen LogP contribution in [0.15, 0.2) is 33.5 Å². The van der Waals surface area contributed by atoms with Gasteiger partial charge in [0.15, 0.2) is 0 Å². The summed E-state index contributed by atoms with van der Waals surface area (Å²) in [4.78, 5) is 9.14. The van der Waals surface area contributed by atoms with Crippen LogP contribution in [0.1, 0.15) is 30.4 Å². The maximum Gasteiger partial charge on any atom is 0.106 e. The van der Waals surface area contributed by atoms with Crippen LogP contribution in [-0.4, -0.2) is 9.97 Å². The van der Waals surface area contributed by atoms with Gasteiger partial charge in [0.1, 0.15) is 9.21 Å². The van der Waals surface area contributed by atoms with E-state index in [0.717, 1.165) is 27.0 Å². The van der Waals surface area contributed by atoms with E-state index in [9.17, 15) is 0 Å². The molecular weight excluding hydrogens is 344 g/mol. The molecule has 4 heteroatoms. The van der Waals surface area contributed by atoms with Gasteiger partial charge in [0.05, 0.1) is 11.4 Å². The average Bonchev–Trinajstić information content (AvgIpc) is 2.62. The van der Waals surface area contributed by atoms with Crippen LogP contribution in [0.25, 0.3) is 11.4 Å². The lowest BCUT2D eigenvalue weighted by Crippen LogP contribution is -1.94. The molecule has 0 N–H and O–H groups in total. The predicted molar refractivity (Wildman–Crippen MR) is 75.0 cm³/mol. The van der Waals surface area contributed by atoms with Gasteiger partial charge in [-0.05, 0) is 61.5 Å². The Labute approximate surface area is 117 Å². The highest BCUT2D eigenvalue weighted by Crippen LogP contribution is 2.44. The van der Waals surface area contributed by atoms with E-state index in [2.05, 4.69) is 60.9 Å². The number of hydrogen-bond donors (Lipinski definition) is 0. The second-order valence-corrected chi connectivity index (χ2v) is 5.73. The van der Waals surface area contributed by atoms with Crippen molar-refractivity contribution >= 4 is 31.9 Å². The molecule has 0 radical (unpaired) electrons. The molecule has 1 aliphatic carbocycles. The van der Waals surface area contributed by atoms with Crippen molar-refractivity contribution in [2.24, 2.45) is 0 Å². The Morgan fingerprint density at radius 3 is 1.82 bits per heavy atom. The minimum atomic E-state index is 0.432. The molecule has 86 valence electrons. The first-order valence-electron chi connectivity index (χ1n) is 5.54. The SMILES string of the molecule is CCC1c2ccc(Br)nc2-c2nc(Br)ccc21. The van der Waals surface area contributed by atoms with E-state index >= 15 is 0 Å². The van der Waals surface area contributed by atoms with Crippen LogP contribution in [0.4, 0.5) is 0 Å². The third-order valence-corrected chi connectivity index (χ3v) is 4.05. The lowest BCUT2D eigenvalue weighted by atomic mass is 9.96. The lowest BCUT2D eigenvalue weighted by Gasteiger charge is -2.09. The van der Waals surface area contributed by atoms with E-state index in [1.165, 1.54) is 11.1 Å². The van der Waals surface area contributed by atoms with Gasteiger partial charge in [-0.15, -0.1) is 0 Å². The quantitative estimate of drug-likeness (QED) is 0.704. The Balaban J connectivity index is 2.31. The van der Waals surface area contributed by atoms with Crippen LogP contribution in [0.5, 0.6) is 0 Å². The molecule has 0 fully saturated rings. The van der Waals surface area contributed by atoms with Gasteiger partial charge in [0, 0.05) is 5.92 Å². The zero-order valence-corrected chi connectivity index (χ0v) is 12.4. The number of halogens is 2. The summed E-state index contributed by atoms with van der Waals surface area (Å²) in [5, 5.41) is 0. The lowest BCUT2D eigenvalue weighted by molar-refractivity contribution is 0.793. The Hall–Kier alpha value is -0.740. The number of pyridine rings is 2. The van der Waals surface area contributed by atoms with Crippen LogP contribution >= 0.6 is 31.9 Å². The van der Waals surface area contributed by atoms with Gasteiger partial charge < -0.3 is 0 Å². The number of rotatable bonds is 1. The summed E-state index contributed by atoms with van der Waals surface area (Å²) in [5.74, 6) is 0.432. The molecule has 0 bridgehead atoms. The van der Waals surface area contributed by atoms with Crippen molar-refractivity contribution in [2.75, 3.05) is 0 Å². The third kappa shape index (κ3) is 1.74.